The molecule has 0 spiro atoms. The highest BCUT2D eigenvalue weighted by Crippen LogP contribution is 2.10. The van der Waals surface area contributed by atoms with Gasteiger partial charge in [-0.2, -0.15) is 0 Å². The standard InChI is InChI=1S/C15H28N4S/c1-3-4-5-6-7-8-10-17-15(16)18-11-9-14-19-12-13(2)20-14/h12H,3-11H2,1-2H3,(H3,16,17,18). The third-order valence-corrected chi connectivity index (χ3v) is 4.08. The highest BCUT2D eigenvalue weighted by Gasteiger charge is 1.98. The summed E-state index contributed by atoms with van der Waals surface area (Å²) in [7, 11) is 0. The summed E-state index contributed by atoms with van der Waals surface area (Å²) >= 11 is 1.74. The molecule has 1 rings (SSSR count). The Morgan fingerprint density at radius 2 is 2.05 bits per heavy atom. The van der Waals surface area contributed by atoms with Crippen LogP contribution in [0.2, 0.25) is 0 Å². The molecule has 4 nitrogen and oxygen atoms in total. The Kier molecular flexibility index (Phi) is 9.04. The van der Waals surface area contributed by atoms with E-state index < -0.39 is 0 Å². The van der Waals surface area contributed by atoms with Gasteiger partial charge in [0, 0.05) is 30.6 Å². The first-order valence-electron chi connectivity index (χ1n) is 7.67. The fourth-order valence-corrected chi connectivity index (χ4v) is 2.75. The Labute approximate surface area is 126 Å². The van der Waals surface area contributed by atoms with Crippen LogP contribution in [0.3, 0.4) is 0 Å². The summed E-state index contributed by atoms with van der Waals surface area (Å²) in [6.45, 7) is 5.95. The van der Waals surface area contributed by atoms with Crippen molar-refractivity contribution in [2.75, 3.05) is 13.1 Å². The molecule has 0 aliphatic heterocycles. The minimum atomic E-state index is 0.562. The van der Waals surface area contributed by atoms with E-state index in [1.165, 1.54) is 37.0 Å². The fraction of sp³-hybridized carbons (Fsp3) is 0.733. The Hall–Kier alpha value is -1.10. The first-order chi connectivity index (χ1) is 9.72. The van der Waals surface area contributed by atoms with Gasteiger partial charge in [0.15, 0.2) is 5.96 Å². The van der Waals surface area contributed by atoms with Crippen LogP contribution >= 0.6 is 11.3 Å². The Morgan fingerprint density at radius 1 is 1.30 bits per heavy atom. The lowest BCUT2D eigenvalue weighted by atomic mass is 10.1. The molecule has 0 atom stereocenters. The molecule has 0 radical (unpaired) electrons. The molecule has 3 N–H and O–H groups in total. The third kappa shape index (κ3) is 8.15. The van der Waals surface area contributed by atoms with Crippen molar-refractivity contribution in [3.8, 4) is 0 Å². The van der Waals surface area contributed by atoms with Gasteiger partial charge in [0.05, 0.1) is 5.01 Å². The average molecular weight is 296 g/mol. The van der Waals surface area contributed by atoms with Gasteiger partial charge in [-0.25, -0.2) is 4.98 Å². The van der Waals surface area contributed by atoms with E-state index in [1.54, 1.807) is 11.3 Å². The van der Waals surface area contributed by atoms with E-state index >= 15 is 0 Å². The van der Waals surface area contributed by atoms with Crippen LogP contribution in [0, 0.1) is 6.92 Å². The maximum absolute atomic E-state index is 5.83. The second-order valence-corrected chi connectivity index (χ2v) is 6.40. The zero-order valence-electron chi connectivity index (χ0n) is 12.8. The first kappa shape index (κ1) is 17.0. The number of nitrogens with one attached hydrogen (secondary N) is 1. The maximum atomic E-state index is 5.83. The molecule has 114 valence electrons. The highest BCUT2D eigenvalue weighted by atomic mass is 32.1. The van der Waals surface area contributed by atoms with Crippen LogP contribution in [-0.2, 0) is 6.42 Å². The highest BCUT2D eigenvalue weighted by molar-refractivity contribution is 7.11. The number of hydrogen-bond acceptors (Lipinski definition) is 3. The summed E-state index contributed by atoms with van der Waals surface area (Å²) in [5, 5.41) is 4.30. The summed E-state index contributed by atoms with van der Waals surface area (Å²) in [5.74, 6) is 0.562. The van der Waals surface area contributed by atoms with Gasteiger partial charge in [-0.05, 0) is 13.3 Å². The summed E-state index contributed by atoms with van der Waals surface area (Å²) in [6, 6.07) is 0. The summed E-state index contributed by atoms with van der Waals surface area (Å²) < 4.78 is 0. The lowest BCUT2D eigenvalue weighted by molar-refractivity contribution is 0.611. The van der Waals surface area contributed by atoms with Crippen molar-refractivity contribution in [1.82, 2.24) is 10.3 Å². The quantitative estimate of drug-likeness (QED) is 0.396. The van der Waals surface area contributed by atoms with Gasteiger partial charge in [0.25, 0.3) is 0 Å². The van der Waals surface area contributed by atoms with Crippen molar-refractivity contribution in [2.24, 2.45) is 10.7 Å². The average Bonchev–Trinajstić information content (AvgIpc) is 2.83. The fourth-order valence-electron chi connectivity index (χ4n) is 1.96. The van der Waals surface area contributed by atoms with Gasteiger partial charge in [-0.1, -0.05) is 39.0 Å². The molecular weight excluding hydrogens is 268 g/mol. The van der Waals surface area contributed by atoms with Crippen molar-refractivity contribution in [3.05, 3.63) is 16.1 Å². The summed E-state index contributed by atoms with van der Waals surface area (Å²) in [5.41, 5.74) is 5.83. The van der Waals surface area contributed by atoms with E-state index in [1.807, 2.05) is 6.20 Å². The topological polar surface area (TPSA) is 63.3 Å². The van der Waals surface area contributed by atoms with Crippen LogP contribution in [0.4, 0.5) is 0 Å². The number of unbranched alkanes of at least 4 members (excludes halogenated alkanes) is 5. The lowest BCUT2D eigenvalue weighted by Gasteiger charge is -2.04. The van der Waals surface area contributed by atoms with E-state index in [4.69, 9.17) is 5.73 Å². The largest absolute Gasteiger partial charge is 0.370 e. The van der Waals surface area contributed by atoms with Crippen molar-refractivity contribution in [2.45, 2.75) is 58.8 Å². The molecule has 1 aromatic heterocycles. The number of aliphatic imine (C=N–C) groups is 1. The third-order valence-electron chi connectivity index (χ3n) is 3.11. The van der Waals surface area contributed by atoms with Crippen LogP contribution in [-0.4, -0.2) is 24.0 Å². The van der Waals surface area contributed by atoms with Gasteiger partial charge in [0.1, 0.15) is 0 Å². The Balaban J connectivity index is 2.01. The van der Waals surface area contributed by atoms with Crippen LogP contribution in [0.15, 0.2) is 11.2 Å². The molecule has 0 unspecified atom stereocenters. The zero-order chi connectivity index (χ0) is 14.6. The number of nitrogens with two attached hydrogens (primary N) is 1. The van der Waals surface area contributed by atoms with Gasteiger partial charge in [-0.3, -0.25) is 4.99 Å². The second kappa shape index (κ2) is 10.7. The molecule has 0 bridgehead atoms. The monoisotopic (exact) mass is 296 g/mol. The van der Waals surface area contributed by atoms with E-state index in [2.05, 4.69) is 29.1 Å². The number of hydrogen-bond donors (Lipinski definition) is 2. The molecule has 20 heavy (non-hydrogen) atoms. The predicted octanol–water partition coefficient (Wildman–Crippen LogP) is 3.26. The molecule has 1 heterocycles. The second-order valence-electron chi connectivity index (χ2n) is 5.08. The molecule has 0 saturated heterocycles. The van der Waals surface area contributed by atoms with Crippen LogP contribution in [0.5, 0.6) is 0 Å². The van der Waals surface area contributed by atoms with E-state index in [9.17, 15) is 0 Å². The van der Waals surface area contributed by atoms with Gasteiger partial charge >= 0.3 is 0 Å². The Morgan fingerprint density at radius 3 is 2.75 bits per heavy atom. The van der Waals surface area contributed by atoms with Gasteiger partial charge in [-0.15, -0.1) is 11.3 Å². The maximum Gasteiger partial charge on any atom is 0.188 e. The molecule has 0 aliphatic rings. The van der Waals surface area contributed by atoms with E-state index in [0.717, 1.165) is 30.9 Å². The molecule has 0 aromatic carbocycles. The molecule has 0 saturated carbocycles. The van der Waals surface area contributed by atoms with Gasteiger partial charge < -0.3 is 11.1 Å². The number of aromatic nitrogens is 1. The number of guanidine groups is 1. The van der Waals surface area contributed by atoms with Gasteiger partial charge in [0.2, 0.25) is 0 Å². The zero-order valence-corrected chi connectivity index (χ0v) is 13.6. The molecule has 0 amide bonds. The van der Waals surface area contributed by atoms with Crippen molar-refractivity contribution < 1.29 is 0 Å². The van der Waals surface area contributed by atoms with Crippen molar-refractivity contribution >= 4 is 17.3 Å². The minimum Gasteiger partial charge on any atom is -0.370 e. The SMILES string of the molecule is CCCCCCCCN=C(N)NCCc1ncc(C)s1. The number of thiazole rings is 1. The number of nitrogens with zero attached hydrogens (tertiary/aromatic N) is 2. The molecule has 0 aliphatic carbocycles. The van der Waals surface area contributed by atoms with E-state index in [0.29, 0.717) is 5.96 Å². The van der Waals surface area contributed by atoms with E-state index in [-0.39, 0.29) is 0 Å². The van der Waals surface area contributed by atoms with Crippen LogP contribution < -0.4 is 11.1 Å². The normalized spacial score (nSPS) is 11.8. The summed E-state index contributed by atoms with van der Waals surface area (Å²) in [4.78, 5) is 9.92. The van der Waals surface area contributed by atoms with Crippen molar-refractivity contribution in [3.63, 3.8) is 0 Å². The molecule has 5 heteroatoms. The predicted molar refractivity (Wildman–Crippen MR) is 88.4 cm³/mol. The lowest BCUT2D eigenvalue weighted by Crippen LogP contribution is -2.33. The molecule has 0 fully saturated rings. The van der Waals surface area contributed by atoms with Crippen LogP contribution in [0.1, 0.15) is 55.3 Å². The molecular formula is C15H28N4S. The smallest absolute Gasteiger partial charge is 0.188 e. The minimum absolute atomic E-state index is 0.562. The van der Waals surface area contributed by atoms with Crippen molar-refractivity contribution in [1.29, 1.82) is 0 Å². The molecule has 1 aromatic rings. The Bertz CT molecular complexity index is 387. The first-order valence-corrected chi connectivity index (χ1v) is 8.49. The number of aryl methyl sites for hydroxylation is 1. The number of rotatable bonds is 10. The van der Waals surface area contributed by atoms with Crippen LogP contribution in [0.25, 0.3) is 0 Å². The summed E-state index contributed by atoms with van der Waals surface area (Å²) in [6.07, 6.45) is 10.5.